The van der Waals surface area contributed by atoms with E-state index in [2.05, 4.69) is 22.3 Å². The maximum absolute atomic E-state index is 12.5. The van der Waals surface area contributed by atoms with Crippen molar-refractivity contribution in [2.75, 3.05) is 26.7 Å². The number of nitrogens with zero attached hydrogens (tertiary/aromatic N) is 1. The third kappa shape index (κ3) is 4.04. The standard InChI is InChI=1S/C20H26N2O3/c1-14-12-18(15(2)25-14)20(23)21-13-19(22-10-4-5-11-22)16-6-8-17(24-3)9-7-16/h6-9,12,19H,4-5,10-11,13H2,1-3H3,(H,21,23)/t19-/m0/s1. The molecule has 0 radical (unpaired) electrons. The van der Waals surface area contributed by atoms with E-state index in [0.717, 1.165) is 24.6 Å². The van der Waals surface area contributed by atoms with Crippen LogP contribution in [-0.4, -0.2) is 37.6 Å². The molecule has 134 valence electrons. The molecule has 25 heavy (non-hydrogen) atoms. The van der Waals surface area contributed by atoms with Crippen LogP contribution in [0.5, 0.6) is 5.75 Å². The highest BCUT2D eigenvalue weighted by molar-refractivity contribution is 5.95. The first kappa shape index (κ1) is 17.5. The Morgan fingerprint density at radius 3 is 2.48 bits per heavy atom. The summed E-state index contributed by atoms with van der Waals surface area (Å²) in [5.41, 5.74) is 1.82. The summed E-state index contributed by atoms with van der Waals surface area (Å²) in [6, 6.07) is 10.1. The molecule has 0 spiro atoms. The summed E-state index contributed by atoms with van der Waals surface area (Å²) < 4.78 is 10.7. The average molecular weight is 342 g/mol. The molecule has 1 amide bonds. The van der Waals surface area contributed by atoms with Gasteiger partial charge in [0.15, 0.2) is 0 Å². The van der Waals surface area contributed by atoms with Gasteiger partial charge in [0, 0.05) is 6.54 Å². The van der Waals surface area contributed by atoms with Crippen LogP contribution in [0.3, 0.4) is 0 Å². The fourth-order valence-electron chi connectivity index (χ4n) is 3.48. The summed E-state index contributed by atoms with van der Waals surface area (Å²) in [5, 5.41) is 3.09. The third-order valence-electron chi connectivity index (χ3n) is 4.82. The largest absolute Gasteiger partial charge is 0.497 e. The van der Waals surface area contributed by atoms with E-state index in [1.54, 1.807) is 13.2 Å². The van der Waals surface area contributed by atoms with Gasteiger partial charge < -0.3 is 14.5 Å². The molecule has 1 saturated heterocycles. The first-order valence-electron chi connectivity index (χ1n) is 8.81. The summed E-state index contributed by atoms with van der Waals surface area (Å²) in [7, 11) is 1.67. The van der Waals surface area contributed by atoms with Crippen molar-refractivity contribution in [2.45, 2.75) is 32.7 Å². The molecule has 5 heteroatoms. The lowest BCUT2D eigenvalue weighted by atomic mass is 10.0. The second-order valence-corrected chi connectivity index (χ2v) is 6.57. The topological polar surface area (TPSA) is 54.7 Å². The zero-order valence-corrected chi connectivity index (χ0v) is 15.2. The van der Waals surface area contributed by atoms with E-state index in [9.17, 15) is 4.79 Å². The zero-order chi connectivity index (χ0) is 17.8. The fourth-order valence-corrected chi connectivity index (χ4v) is 3.48. The molecule has 2 heterocycles. The lowest BCUT2D eigenvalue weighted by Crippen LogP contribution is -2.36. The Balaban J connectivity index is 1.73. The Morgan fingerprint density at radius 2 is 1.92 bits per heavy atom. The number of likely N-dealkylation sites (tertiary alicyclic amines) is 1. The Hall–Kier alpha value is -2.27. The van der Waals surface area contributed by atoms with Crippen molar-refractivity contribution >= 4 is 5.91 Å². The molecular weight excluding hydrogens is 316 g/mol. The summed E-state index contributed by atoms with van der Waals surface area (Å²) >= 11 is 0. The van der Waals surface area contributed by atoms with E-state index in [1.807, 2.05) is 26.0 Å². The van der Waals surface area contributed by atoms with Crippen LogP contribution in [0, 0.1) is 13.8 Å². The lowest BCUT2D eigenvalue weighted by Gasteiger charge is -2.28. The number of furan rings is 1. The normalized spacial score (nSPS) is 16.0. The molecular formula is C20H26N2O3. The monoisotopic (exact) mass is 342 g/mol. The van der Waals surface area contributed by atoms with Crippen LogP contribution >= 0.6 is 0 Å². The molecule has 5 nitrogen and oxygen atoms in total. The van der Waals surface area contributed by atoms with Gasteiger partial charge in [-0.05, 0) is 63.5 Å². The summed E-state index contributed by atoms with van der Waals surface area (Å²) in [6.07, 6.45) is 2.42. The van der Waals surface area contributed by atoms with Gasteiger partial charge in [-0.2, -0.15) is 0 Å². The molecule has 1 aromatic heterocycles. The average Bonchev–Trinajstić information content (AvgIpc) is 3.25. The van der Waals surface area contributed by atoms with E-state index in [4.69, 9.17) is 9.15 Å². The number of carbonyl (C=O) groups excluding carboxylic acids is 1. The van der Waals surface area contributed by atoms with Crippen molar-refractivity contribution in [1.82, 2.24) is 10.2 Å². The molecule has 1 fully saturated rings. The first-order chi connectivity index (χ1) is 12.1. The fraction of sp³-hybridized carbons (Fsp3) is 0.450. The van der Waals surface area contributed by atoms with Crippen molar-refractivity contribution in [2.24, 2.45) is 0 Å². The van der Waals surface area contributed by atoms with E-state index >= 15 is 0 Å². The molecule has 2 aromatic rings. The van der Waals surface area contributed by atoms with Crippen molar-refractivity contribution in [1.29, 1.82) is 0 Å². The van der Waals surface area contributed by atoms with Gasteiger partial charge in [0.05, 0.1) is 18.7 Å². The zero-order valence-electron chi connectivity index (χ0n) is 15.2. The van der Waals surface area contributed by atoms with Crippen LogP contribution < -0.4 is 10.1 Å². The number of amides is 1. The molecule has 0 saturated carbocycles. The number of benzene rings is 1. The Morgan fingerprint density at radius 1 is 1.24 bits per heavy atom. The number of hydrogen-bond donors (Lipinski definition) is 1. The molecule has 1 atom stereocenters. The number of aryl methyl sites for hydroxylation is 2. The SMILES string of the molecule is COc1ccc([C@H](CNC(=O)c2cc(C)oc2C)N2CCCC2)cc1. The molecule has 0 unspecified atom stereocenters. The molecule has 0 aliphatic carbocycles. The number of rotatable bonds is 6. The van der Waals surface area contributed by atoms with Crippen LogP contribution in [0.15, 0.2) is 34.7 Å². The highest BCUT2D eigenvalue weighted by atomic mass is 16.5. The minimum absolute atomic E-state index is 0.0768. The van der Waals surface area contributed by atoms with Gasteiger partial charge in [-0.25, -0.2) is 0 Å². The smallest absolute Gasteiger partial charge is 0.254 e. The van der Waals surface area contributed by atoms with Gasteiger partial charge >= 0.3 is 0 Å². The summed E-state index contributed by atoms with van der Waals surface area (Å²) in [4.78, 5) is 15.0. The van der Waals surface area contributed by atoms with Crippen LogP contribution in [0.1, 0.15) is 46.3 Å². The molecule has 0 bridgehead atoms. The van der Waals surface area contributed by atoms with Gasteiger partial charge in [0.2, 0.25) is 0 Å². The third-order valence-corrected chi connectivity index (χ3v) is 4.82. The van der Waals surface area contributed by atoms with Crippen molar-refractivity contribution in [3.8, 4) is 5.75 Å². The summed E-state index contributed by atoms with van der Waals surface area (Å²) in [5.74, 6) is 2.19. The van der Waals surface area contributed by atoms with Crippen molar-refractivity contribution < 1.29 is 13.9 Å². The number of carbonyl (C=O) groups is 1. The van der Waals surface area contributed by atoms with Gasteiger partial charge in [-0.1, -0.05) is 12.1 Å². The quantitative estimate of drug-likeness (QED) is 0.873. The summed E-state index contributed by atoms with van der Waals surface area (Å²) in [6.45, 7) is 6.39. The number of ether oxygens (including phenoxy) is 1. The van der Waals surface area contributed by atoms with E-state index in [1.165, 1.54) is 18.4 Å². The minimum Gasteiger partial charge on any atom is -0.497 e. The van der Waals surface area contributed by atoms with Crippen LogP contribution in [0.4, 0.5) is 0 Å². The van der Waals surface area contributed by atoms with E-state index < -0.39 is 0 Å². The van der Waals surface area contributed by atoms with Gasteiger partial charge in [0.25, 0.3) is 5.91 Å². The van der Waals surface area contributed by atoms with Gasteiger partial charge in [0.1, 0.15) is 17.3 Å². The van der Waals surface area contributed by atoms with E-state index in [0.29, 0.717) is 17.9 Å². The predicted molar refractivity (Wildman–Crippen MR) is 97.1 cm³/mol. The second kappa shape index (κ2) is 7.74. The molecule has 1 aliphatic heterocycles. The second-order valence-electron chi connectivity index (χ2n) is 6.57. The highest BCUT2D eigenvalue weighted by Gasteiger charge is 2.24. The van der Waals surface area contributed by atoms with Gasteiger partial charge in [-0.3, -0.25) is 9.69 Å². The molecule has 1 aliphatic rings. The number of hydrogen-bond acceptors (Lipinski definition) is 4. The predicted octanol–water partition coefficient (Wildman–Crippen LogP) is 3.47. The molecule has 1 N–H and O–H groups in total. The van der Waals surface area contributed by atoms with Gasteiger partial charge in [-0.15, -0.1) is 0 Å². The molecule has 1 aromatic carbocycles. The van der Waals surface area contributed by atoms with Crippen molar-refractivity contribution in [3.05, 3.63) is 53.0 Å². The first-order valence-corrected chi connectivity index (χ1v) is 8.81. The van der Waals surface area contributed by atoms with Crippen LogP contribution in [0.2, 0.25) is 0 Å². The van der Waals surface area contributed by atoms with Crippen LogP contribution in [0.25, 0.3) is 0 Å². The lowest BCUT2D eigenvalue weighted by molar-refractivity contribution is 0.0936. The number of nitrogens with one attached hydrogen (secondary N) is 1. The van der Waals surface area contributed by atoms with Crippen LogP contribution in [-0.2, 0) is 0 Å². The minimum atomic E-state index is -0.0768. The maximum Gasteiger partial charge on any atom is 0.254 e. The van der Waals surface area contributed by atoms with E-state index in [-0.39, 0.29) is 11.9 Å². The molecule has 3 rings (SSSR count). The maximum atomic E-state index is 12.5. The Labute approximate surface area is 149 Å². The Kier molecular flexibility index (Phi) is 5.43. The van der Waals surface area contributed by atoms with Crippen molar-refractivity contribution in [3.63, 3.8) is 0 Å². The highest BCUT2D eigenvalue weighted by Crippen LogP contribution is 2.26. The Bertz CT molecular complexity index is 715. The number of methoxy groups -OCH3 is 1.